The van der Waals surface area contributed by atoms with Gasteiger partial charge in [0.05, 0.1) is 12.3 Å². The first-order valence-corrected chi connectivity index (χ1v) is 10.9. The van der Waals surface area contributed by atoms with Crippen molar-refractivity contribution < 1.29 is 24.2 Å². The number of aliphatic hydroxyl groups excluding tert-OH is 1. The van der Waals surface area contributed by atoms with Crippen molar-refractivity contribution in [1.29, 1.82) is 0 Å². The lowest BCUT2D eigenvalue weighted by Crippen LogP contribution is -2.49. The number of aromatic nitrogens is 3. The Labute approximate surface area is 192 Å². The van der Waals surface area contributed by atoms with Crippen LogP contribution in [0.1, 0.15) is 56.2 Å². The van der Waals surface area contributed by atoms with Gasteiger partial charge in [0.25, 0.3) is 0 Å². The van der Waals surface area contributed by atoms with E-state index in [-0.39, 0.29) is 37.2 Å². The second-order valence-electron chi connectivity index (χ2n) is 9.34. The van der Waals surface area contributed by atoms with Crippen LogP contribution in [0, 0.1) is 5.41 Å². The fraction of sp³-hybridized carbons (Fsp3) is 0.522. The van der Waals surface area contributed by atoms with Crippen LogP contribution in [-0.4, -0.2) is 68.3 Å². The highest BCUT2D eigenvalue weighted by atomic mass is 16.5. The highest BCUT2D eigenvalue weighted by Gasteiger charge is 2.45. The van der Waals surface area contributed by atoms with Crippen molar-refractivity contribution in [2.45, 2.75) is 58.9 Å². The maximum Gasteiger partial charge on any atom is 0.248 e. The third kappa shape index (κ3) is 5.57. The first-order chi connectivity index (χ1) is 15.5. The molecule has 33 heavy (non-hydrogen) atoms. The average Bonchev–Trinajstić information content (AvgIpc) is 3.37. The molecule has 0 saturated carbocycles. The van der Waals surface area contributed by atoms with Gasteiger partial charge in [0.2, 0.25) is 11.8 Å². The molecule has 178 valence electrons. The number of hydrogen-bond donors (Lipinski definition) is 2. The Morgan fingerprint density at radius 1 is 1.24 bits per heavy atom. The summed E-state index contributed by atoms with van der Waals surface area (Å²) in [6.07, 6.45) is 1.09. The number of ether oxygens (including phenoxy) is 1. The molecule has 0 radical (unpaired) electrons. The number of likely N-dealkylation sites (N-methyl/N-ethyl adjacent to an activating group) is 1. The molecule has 0 aliphatic carbocycles. The highest BCUT2D eigenvalue weighted by molar-refractivity contribution is 5.94. The van der Waals surface area contributed by atoms with E-state index in [9.17, 15) is 19.5 Å². The van der Waals surface area contributed by atoms with Crippen LogP contribution in [-0.2, 0) is 16.2 Å². The van der Waals surface area contributed by atoms with E-state index in [0.717, 1.165) is 0 Å². The summed E-state index contributed by atoms with van der Waals surface area (Å²) in [5.74, 6) is -0.0510. The van der Waals surface area contributed by atoms with Crippen LogP contribution in [0.4, 0.5) is 0 Å². The van der Waals surface area contributed by atoms with Gasteiger partial charge in [0, 0.05) is 25.6 Å². The Balaban J connectivity index is 1.76. The summed E-state index contributed by atoms with van der Waals surface area (Å²) < 4.78 is 7.23. The van der Waals surface area contributed by atoms with Crippen molar-refractivity contribution in [2.24, 2.45) is 5.41 Å². The van der Waals surface area contributed by atoms with E-state index in [2.05, 4.69) is 15.6 Å². The zero-order valence-corrected chi connectivity index (χ0v) is 19.6. The van der Waals surface area contributed by atoms with Crippen LogP contribution in [0.3, 0.4) is 0 Å². The van der Waals surface area contributed by atoms with Gasteiger partial charge in [0.1, 0.15) is 30.1 Å². The number of benzene rings is 1. The highest BCUT2D eigenvalue weighted by Crippen LogP contribution is 2.34. The summed E-state index contributed by atoms with van der Waals surface area (Å²) in [4.78, 5) is 38.6. The van der Waals surface area contributed by atoms with Gasteiger partial charge in [-0.25, -0.2) is 4.68 Å². The predicted octanol–water partition coefficient (Wildman–Crippen LogP) is 1.35. The molecule has 2 N–H and O–H groups in total. The number of likely N-dealkylation sites (tertiary alicyclic amines) is 1. The molecule has 2 amide bonds. The van der Waals surface area contributed by atoms with E-state index in [0.29, 0.717) is 17.0 Å². The summed E-state index contributed by atoms with van der Waals surface area (Å²) in [5.41, 5.74) is 0.588. The zero-order valence-electron chi connectivity index (χ0n) is 19.6. The van der Waals surface area contributed by atoms with E-state index >= 15 is 0 Å². The van der Waals surface area contributed by atoms with Crippen molar-refractivity contribution in [1.82, 2.24) is 25.2 Å². The number of aliphatic hydroxyl groups is 1. The van der Waals surface area contributed by atoms with Crippen LogP contribution in [0.25, 0.3) is 0 Å². The van der Waals surface area contributed by atoms with Crippen LogP contribution in [0.15, 0.2) is 30.5 Å². The van der Waals surface area contributed by atoms with Crippen molar-refractivity contribution in [3.8, 4) is 5.75 Å². The van der Waals surface area contributed by atoms with Gasteiger partial charge >= 0.3 is 0 Å². The van der Waals surface area contributed by atoms with Crippen LogP contribution >= 0.6 is 0 Å². The molecular weight excluding hydrogens is 426 g/mol. The normalized spacial score (nSPS) is 19.3. The van der Waals surface area contributed by atoms with E-state index in [1.54, 1.807) is 30.5 Å². The van der Waals surface area contributed by atoms with Gasteiger partial charge in [-0.15, -0.1) is 5.10 Å². The third-order valence-corrected chi connectivity index (χ3v) is 5.64. The second kappa shape index (κ2) is 9.70. The summed E-state index contributed by atoms with van der Waals surface area (Å²) in [6.45, 7) is 7.45. The zero-order chi connectivity index (χ0) is 24.3. The summed E-state index contributed by atoms with van der Waals surface area (Å²) in [6, 6.07) is 5.34. The van der Waals surface area contributed by atoms with Gasteiger partial charge in [0.15, 0.2) is 5.78 Å². The largest absolute Gasteiger partial charge is 0.487 e. The molecule has 0 bridgehead atoms. The van der Waals surface area contributed by atoms with Gasteiger partial charge in [-0.2, -0.15) is 0 Å². The molecule has 0 unspecified atom stereocenters. The van der Waals surface area contributed by atoms with Crippen molar-refractivity contribution in [3.63, 3.8) is 0 Å². The Hall–Kier alpha value is -3.27. The molecule has 1 aliphatic heterocycles. The number of β-amino-alcohol motifs (C(OH)–C–C–N with tert-alkyl or cyclic N) is 1. The number of nitrogens with zero attached hydrogens (tertiary/aromatic N) is 4. The summed E-state index contributed by atoms with van der Waals surface area (Å²) in [5, 5.41) is 21.0. The van der Waals surface area contributed by atoms with Gasteiger partial charge in [-0.1, -0.05) is 26.0 Å². The molecular formula is C23H31N5O5. The lowest BCUT2D eigenvalue weighted by atomic mass is 9.85. The standard InChI is InChI=1S/C23H31N5O5/c1-14(29)15-6-8-18(9-7-15)33-13-16-11-28(26-25-16)20(23(2,3)4)22(32)27-12-17(30)10-19(27)21(31)24-5/h6-9,11,17,19-20,30H,10,12-13H2,1-5H3,(H,24,31)/t17-,19+,20-/m1/s1. The number of nitrogens with one attached hydrogen (secondary N) is 1. The number of ketones is 1. The van der Waals surface area contributed by atoms with Crippen LogP contribution in [0.2, 0.25) is 0 Å². The Kier molecular flexibility index (Phi) is 7.16. The average molecular weight is 458 g/mol. The lowest BCUT2D eigenvalue weighted by Gasteiger charge is -2.34. The first-order valence-electron chi connectivity index (χ1n) is 10.9. The molecule has 2 aromatic rings. The lowest BCUT2D eigenvalue weighted by molar-refractivity contribution is -0.144. The fourth-order valence-corrected chi connectivity index (χ4v) is 3.96. The third-order valence-electron chi connectivity index (χ3n) is 5.64. The predicted molar refractivity (Wildman–Crippen MR) is 119 cm³/mol. The maximum absolute atomic E-state index is 13.5. The second-order valence-corrected chi connectivity index (χ2v) is 9.34. The van der Waals surface area contributed by atoms with Gasteiger partial charge in [-0.3, -0.25) is 14.4 Å². The number of carbonyl (C=O) groups is 3. The van der Waals surface area contributed by atoms with E-state index in [1.807, 2.05) is 20.8 Å². The molecule has 1 fully saturated rings. The summed E-state index contributed by atoms with van der Waals surface area (Å²) >= 11 is 0. The number of Topliss-reactive ketones (excluding diaryl/α,β-unsaturated/α-hetero) is 1. The summed E-state index contributed by atoms with van der Waals surface area (Å²) in [7, 11) is 1.51. The van der Waals surface area contributed by atoms with E-state index < -0.39 is 23.6 Å². The minimum atomic E-state index is -0.758. The number of amides is 2. The van der Waals surface area contributed by atoms with E-state index in [1.165, 1.54) is 23.6 Å². The number of carbonyl (C=O) groups excluding carboxylic acids is 3. The van der Waals surface area contributed by atoms with Gasteiger partial charge in [-0.05, 0) is 36.6 Å². The fourth-order valence-electron chi connectivity index (χ4n) is 3.96. The molecule has 1 aliphatic rings. The maximum atomic E-state index is 13.5. The SMILES string of the molecule is CNC(=O)[C@@H]1C[C@@H](O)CN1C(=O)[C@@H](n1cc(COc2ccc(C(C)=O)cc2)nn1)C(C)(C)C. The van der Waals surface area contributed by atoms with Crippen LogP contribution < -0.4 is 10.1 Å². The Bertz CT molecular complexity index is 1010. The van der Waals surface area contributed by atoms with Crippen molar-refractivity contribution in [3.05, 3.63) is 41.7 Å². The minimum Gasteiger partial charge on any atom is -0.487 e. The van der Waals surface area contributed by atoms with Gasteiger partial charge < -0.3 is 20.1 Å². The monoisotopic (exact) mass is 457 g/mol. The smallest absolute Gasteiger partial charge is 0.248 e. The van der Waals surface area contributed by atoms with Crippen LogP contribution in [0.5, 0.6) is 5.75 Å². The minimum absolute atomic E-state index is 0.0217. The Morgan fingerprint density at radius 3 is 2.48 bits per heavy atom. The molecule has 0 spiro atoms. The molecule has 10 heteroatoms. The molecule has 1 aromatic heterocycles. The number of rotatable bonds is 7. The van der Waals surface area contributed by atoms with Crippen molar-refractivity contribution in [2.75, 3.05) is 13.6 Å². The molecule has 1 aromatic carbocycles. The number of hydrogen-bond acceptors (Lipinski definition) is 7. The molecule has 3 rings (SSSR count). The molecule has 10 nitrogen and oxygen atoms in total. The molecule has 3 atom stereocenters. The first kappa shape index (κ1) is 24.4. The quantitative estimate of drug-likeness (QED) is 0.601. The van der Waals surface area contributed by atoms with E-state index in [4.69, 9.17) is 4.74 Å². The topological polar surface area (TPSA) is 127 Å². The molecule has 1 saturated heterocycles. The Morgan fingerprint density at radius 2 is 1.91 bits per heavy atom. The molecule has 2 heterocycles. The van der Waals surface area contributed by atoms with Crippen molar-refractivity contribution >= 4 is 17.6 Å².